The molecule has 0 fully saturated rings. The van der Waals surface area contributed by atoms with E-state index in [1.807, 2.05) is 32.9 Å². The van der Waals surface area contributed by atoms with Crippen molar-refractivity contribution >= 4 is 0 Å². The van der Waals surface area contributed by atoms with E-state index in [0.717, 1.165) is 22.6 Å². The second-order valence-corrected chi connectivity index (χ2v) is 5.48. The van der Waals surface area contributed by atoms with Gasteiger partial charge in [-0.05, 0) is 49.4 Å². The van der Waals surface area contributed by atoms with Crippen LogP contribution in [0.3, 0.4) is 0 Å². The maximum Gasteiger partial charge on any atom is 0.257 e. The molecule has 0 unspecified atom stereocenters. The highest BCUT2D eigenvalue weighted by Crippen LogP contribution is 2.30. The van der Waals surface area contributed by atoms with Crippen molar-refractivity contribution in [2.45, 2.75) is 40.5 Å². The van der Waals surface area contributed by atoms with Crippen molar-refractivity contribution in [1.29, 1.82) is 5.26 Å². The molecule has 108 valence electrons. The van der Waals surface area contributed by atoms with Gasteiger partial charge in [-0.15, -0.1) is 5.10 Å². The average Bonchev–Trinajstić information content (AvgIpc) is 2.45. The molecule has 2 rings (SSSR count). The Morgan fingerprint density at radius 1 is 1.14 bits per heavy atom. The van der Waals surface area contributed by atoms with Crippen LogP contribution < -0.4 is 4.74 Å². The first-order valence-electron chi connectivity index (χ1n) is 6.96. The summed E-state index contributed by atoms with van der Waals surface area (Å²) in [7, 11) is 0. The van der Waals surface area contributed by atoms with Crippen molar-refractivity contribution in [3.05, 3.63) is 46.1 Å². The summed E-state index contributed by atoms with van der Waals surface area (Å²) in [5.41, 5.74) is 4.18. The largest absolute Gasteiger partial charge is 0.436 e. The number of rotatable bonds is 3. The van der Waals surface area contributed by atoms with Crippen molar-refractivity contribution in [2.24, 2.45) is 0 Å². The van der Waals surface area contributed by atoms with Gasteiger partial charge in [-0.3, -0.25) is 0 Å². The summed E-state index contributed by atoms with van der Waals surface area (Å²) in [6.45, 7) is 9.92. The summed E-state index contributed by atoms with van der Waals surface area (Å²) in [6.07, 6.45) is 0. The first-order chi connectivity index (χ1) is 9.93. The monoisotopic (exact) mass is 281 g/mol. The predicted molar refractivity (Wildman–Crippen MR) is 81.6 cm³/mol. The molecule has 1 aromatic heterocycles. The van der Waals surface area contributed by atoms with Crippen molar-refractivity contribution in [1.82, 2.24) is 10.2 Å². The molecule has 2 aromatic rings. The Kier molecular flexibility index (Phi) is 4.23. The maximum atomic E-state index is 9.32. The van der Waals surface area contributed by atoms with Gasteiger partial charge in [-0.25, -0.2) is 0 Å². The molecular weight excluding hydrogens is 262 g/mol. The molecule has 0 aliphatic heterocycles. The molecule has 0 aliphatic rings. The van der Waals surface area contributed by atoms with E-state index in [1.54, 1.807) is 0 Å². The lowest BCUT2D eigenvalue weighted by Gasteiger charge is -2.13. The lowest BCUT2D eigenvalue weighted by molar-refractivity contribution is 0.447. The van der Waals surface area contributed by atoms with Crippen LogP contribution in [0.5, 0.6) is 11.6 Å². The smallest absolute Gasteiger partial charge is 0.257 e. The van der Waals surface area contributed by atoms with Crippen molar-refractivity contribution in [3.8, 4) is 17.7 Å². The molecule has 4 nitrogen and oxygen atoms in total. The summed E-state index contributed by atoms with van der Waals surface area (Å²) < 4.78 is 5.86. The molecule has 0 radical (unpaired) electrons. The summed E-state index contributed by atoms with van der Waals surface area (Å²) in [5, 5.41) is 17.4. The fraction of sp³-hybridized carbons (Fsp3) is 0.353. The number of aromatic nitrogens is 2. The number of aryl methyl sites for hydroxylation is 2. The van der Waals surface area contributed by atoms with Gasteiger partial charge in [-0.1, -0.05) is 26.0 Å². The molecule has 0 bridgehead atoms. The zero-order chi connectivity index (χ0) is 15.6. The van der Waals surface area contributed by atoms with Crippen LogP contribution in [0, 0.1) is 32.1 Å². The number of benzene rings is 1. The number of ether oxygens (including phenoxy) is 1. The van der Waals surface area contributed by atoms with E-state index >= 15 is 0 Å². The third-order valence-corrected chi connectivity index (χ3v) is 3.62. The zero-order valence-electron chi connectivity index (χ0n) is 13.1. The standard InChI is InChI=1S/C17H19N3O/c1-10(2)14-7-6-11(3)16(8-14)21-17-15(9-18)12(4)13(5)19-20-17/h6-8,10H,1-5H3. The average molecular weight is 281 g/mol. The van der Waals surface area contributed by atoms with Crippen LogP contribution in [0.25, 0.3) is 0 Å². The fourth-order valence-corrected chi connectivity index (χ4v) is 1.98. The molecule has 0 saturated carbocycles. The van der Waals surface area contributed by atoms with Crippen molar-refractivity contribution in [3.63, 3.8) is 0 Å². The Hall–Kier alpha value is -2.41. The highest BCUT2D eigenvalue weighted by molar-refractivity contribution is 5.48. The minimum atomic E-state index is 0.268. The fourth-order valence-electron chi connectivity index (χ4n) is 1.98. The molecule has 0 spiro atoms. The van der Waals surface area contributed by atoms with Gasteiger partial charge in [0, 0.05) is 0 Å². The molecule has 21 heavy (non-hydrogen) atoms. The van der Waals surface area contributed by atoms with Crippen molar-refractivity contribution < 1.29 is 4.74 Å². The van der Waals surface area contributed by atoms with Crippen LogP contribution in [0.2, 0.25) is 0 Å². The van der Waals surface area contributed by atoms with Gasteiger partial charge in [0.2, 0.25) is 0 Å². The van der Waals surface area contributed by atoms with Gasteiger partial charge in [0.05, 0.1) is 5.69 Å². The summed E-state index contributed by atoms with van der Waals surface area (Å²) in [5.74, 6) is 1.40. The summed E-state index contributed by atoms with van der Waals surface area (Å²) >= 11 is 0. The van der Waals surface area contributed by atoms with E-state index in [1.165, 1.54) is 5.56 Å². The van der Waals surface area contributed by atoms with E-state index < -0.39 is 0 Å². The Balaban J connectivity index is 2.46. The van der Waals surface area contributed by atoms with E-state index in [9.17, 15) is 5.26 Å². The predicted octanol–water partition coefficient (Wildman–Crippen LogP) is 4.19. The summed E-state index contributed by atoms with van der Waals surface area (Å²) in [6, 6.07) is 8.26. The summed E-state index contributed by atoms with van der Waals surface area (Å²) in [4.78, 5) is 0. The lowest BCUT2D eigenvalue weighted by atomic mass is 10.0. The van der Waals surface area contributed by atoms with Crippen LogP contribution in [-0.2, 0) is 0 Å². The molecule has 0 amide bonds. The molecule has 4 heteroatoms. The number of nitrogens with zero attached hydrogens (tertiary/aromatic N) is 3. The van der Waals surface area contributed by atoms with Crippen LogP contribution in [0.4, 0.5) is 0 Å². The van der Waals surface area contributed by atoms with Gasteiger partial charge < -0.3 is 4.74 Å². The Bertz CT molecular complexity index is 715. The van der Waals surface area contributed by atoms with Crippen molar-refractivity contribution in [2.75, 3.05) is 0 Å². The molecule has 1 heterocycles. The number of hydrogen-bond acceptors (Lipinski definition) is 4. The molecule has 1 aromatic carbocycles. The lowest BCUT2D eigenvalue weighted by Crippen LogP contribution is -2.01. The molecule has 0 atom stereocenters. The normalized spacial score (nSPS) is 10.5. The second kappa shape index (κ2) is 5.92. The Morgan fingerprint density at radius 2 is 1.86 bits per heavy atom. The third kappa shape index (κ3) is 3.03. The van der Waals surface area contributed by atoms with Gasteiger partial charge in [-0.2, -0.15) is 10.4 Å². The van der Waals surface area contributed by atoms with E-state index in [0.29, 0.717) is 11.5 Å². The molecule has 0 N–H and O–H groups in total. The molecule has 0 saturated heterocycles. The highest BCUT2D eigenvalue weighted by atomic mass is 16.5. The number of nitriles is 1. The van der Waals surface area contributed by atoms with E-state index in [2.05, 4.69) is 36.2 Å². The van der Waals surface area contributed by atoms with Gasteiger partial charge >= 0.3 is 0 Å². The van der Waals surface area contributed by atoms with Gasteiger partial charge in [0.25, 0.3) is 5.88 Å². The highest BCUT2D eigenvalue weighted by Gasteiger charge is 2.14. The zero-order valence-corrected chi connectivity index (χ0v) is 13.1. The van der Waals surface area contributed by atoms with Crippen LogP contribution in [0.1, 0.15) is 47.7 Å². The Labute approximate surface area is 125 Å². The SMILES string of the molecule is Cc1ccc(C(C)C)cc1Oc1nnc(C)c(C)c1C#N. The minimum absolute atomic E-state index is 0.268. The third-order valence-electron chi connectivity index (χ3n) is 3.62. The molecule has 0 aliphatic carbocycles. The van der Waals surface area contributed by atoms with Gasteiger partial charge in [0.15, 0.2) is 0 Å². The van der Waals surface area contributed by atoms with Gasteiger partial charge in [0.1, 0.15) is 17.4 Å². The quantitative estimate of drug-likeness (QED) is 0.846. The first kappa shape index (κ1) is 15.0. The minimum Gasteiger partial charge on any atom is -0.436 e. The Morgan fingerprint density at radius 3 is 2.48 bits per heavy atom. The molecular formula is C17H19N3O. The van der Waals surface area contributed by atoms with Crippen LogP contribution >= 0.6 is 0 Å². The van der Waals surface area contributed by atoms with Crippen LogP contribution in [-0.4, -0.2) is 10.2 Å². The van der Waals surface area contributed by atoms with Crippen LogP contribution in [0.15, 0.2) is 18.2 Å². The van der Waals surface area contributed by atoms with E-state index in [4.69, 9.17) is 4.74 Å². The first-order valence-corrected chi connectivity index (χ1v) is 6.96. The van der Waals surface area contributed by atoms with E-state index in [-0.39, 0.29) is 5.88 Å². The topological polar surface area (TPSA) is 58.8 Å². The second-order valence-electron chi connectivity index (χ2n) is 5.48. The maximum absolute atomic E-state index is 9.32. The number of hydrogen-bond donors (Lipinski definition) is 0.